The molecule has 0 spiro atoms. The van der Waals surface area contributed by atoms with Crippen LogP contribution in [0.3, 0.4) is 0 Å². The Labute approximate surface area is 177 Å². The molecule has 3 heteroatoms. The topological polar surface area (TPSA) is 41.1 Å². The second-order valence-electron chi connectivity index (χ2n) is 8.26. The summed E-state index contributed by atoms with van der Waals surface area (Å²) in [5, 5.41) is 6.93. The summed E-state index contributed by atoms with van der Waals surface area (Å²) in [7, 11) is 0. The lowest BCUT2D eigenvalue weighted by Crippen LogP contribution is -2.32. The van der Waals surface area contributed by atoms with Crippen LogP contribution in [0, 0.1) is 5.92 Å². The smallest absolute Gasteiger partial charge is 0.253 e. The molecule has 0 aromatic heterocycles. The van der Waals surface area contributed by atoms with Gasteiger partial charge >= 0.3 is 0 Å². The van der Waals surface area contributed by atoms with E-state index in [0.29, 0.717) is 11.8 Å². The molecule has 4 atom stereocenters. The fourth-order valence-electron chi connectivity index (χ4n) is 4.90. The third-order valence-corrected chi connectivity index (χ3v) is 6.45. The van der Waals surface area contributed by atoms with Gasteiger partial charge in [-0.15, -0.1) is 0 Å². The Hall–Kier alpha value is -3.33. The van der Waals surface area contributed by atoms with Gasteiger partial charge in [0.05, 0.1) is 23.3 Å². The van der Waals surface area contributed by atoms with E-state index in [1.807, 2.05) is 49.4 Å². The van der Waals surface area contributed by atoms with Crippen LogP contribution in [-0.4, -0.2) is 5.91 Å². The second kappa shape index (κ2) is 7.83. The number of amides is 1. The van der Waals surface area contributed by atoms with Gasteiger partial charge in [0.15, 0.2) is 0 Å². The summed E-state index contributed by atoms with van der Waals surface area (Å²) < 4.78 is 0. The first-order valence-electron chi connectivity index (χ1n) is 10.7. The highest BCUT2D eigenvalue weighted by Gasteiger charge is 2.39. The molecule has 0 saturated carbocycles. The van der Waals surface area contributed by atoms with Crippen molar-refractivity contribution in [3.05, 3.63) is 113 Å². The first-order chi connectivity index (χ1) is 14.7. The summed E-state index contributed by atoms with van der Waals surface area (Å²) in [6.45, 7) is 2.03. The predicted octanol–water partition coefficient (Wildman–Crippen LogP) is 6.00. The van der Waals surface area contributed by atoms with Gasteiger partial charge in [-0.2, -0.15) is 0 Å². The van der Waals surface area contributed by atoms with Crippen molar-refractivity contribution in [2.24, 2.45) is 5.92 Å². The molecule has 0 radical (unpaired) electrons. The van der Waals surface area contributed by atoms with E-state index in [9.17, 15) is 4.79 Å². The van der Waals surface area contributed by atoms with Crippen LogP contribution in [0.25, 0.3) is 0 Å². The molecule has 5 rings (SSSR count). The SMILES string of the molecule is CC(NC(=O)c1cccc2c1NC(c1ccccc1)C1CC=CC21)c1ccccc1. The molecule has 2 N–H and O–H groups in total. The lowest BCUT2D eigenvalue weighted by Gasteiger charge is -2.38. The zero-order valence-electron chi connectivity index (χ0n) is 17.1. The standard InChI is InChI=1S/C27H26N2O/c1-18(19-10-4-2-5-11-19)28-27(30)24-17-9-16-23-21-14-8-15-22(21)25(29-26(23)24)20-12-6-3-7-13-20/h2-14,16-18,21-22,25,29H,15H2,1H3,(H,28,30). The first kappa shape index (κ1) is 18.7. The van der Waals surface area contributed by atoms with Crippen molar-refractivity contribution in [3.8, 4) is 0 Å². The van der Waals surface area contributed by atoms with Gasteiger partial charge in [-0.3, -0.25) is 4.79 Å². The van der Waals surface area contributed by atoms with E-state index in [2.05, 4.69) is 59.2 Å². The third-order valence-electron chi connectivity index (χ3n) is 6.45. The predicted molar refractivity (Wildman–Crippen MR) is 122 cm³/mol. The van der Waals surface area contributed by atoms with Crippen molar-refractivity contribution in [2.75, 3.05) is 5.32 Å². The summed E-state index contributed by atoms with van der Waals surface area (Å²) in [4.78, 5) is 13.3. The lowest BCUT2D eigenvalue weighted by atomic mass is 9.76. The van der Waals surface area contributed by atoms with E-state index < -0.39 is 0 Å². The third kappa shape index (κ3) is 3.30. The van der Waals surface area contributed by atoms with Crippen LogP contribution in [0.1, 0.15) is 58.4 Å². The zero-order chi connectivity index (χ0) is 20.5. The van der Waals surface area contributed by atoms with Crippen molar-refractivity contribution < 1.29 is 4.79 Å². The number of allylic oxidation sites excluding steroid dienone is 2. The van der Waals surface area contributed by atoms with Gasteiger partial charge in [0.2, 0.25) is 0 Å². The number of hydrogen-bond donors (Lipinski definition) is 2. The van der Waals surface area contributed by atoms with Crippen LogP contribution in [0.15, 0.2) is 91.0 Å². The Bertz CT molecular complexity index is 1070. The minimum Gasteiger partial charge on any atom is -0.377 e. The van der Waals surface area contributed by atoms with Crippen LogP contribution in [-0.2, 0) is 0 Å². The zero-order valence-corrected chi connectivity index (χ0v) is 17.1. The molecule has 2 aliphatic rings. The normalized spacial score (nSPS) is 22.5. The molecule has 1 aliphatic carbocycles. The summed E-state index contributed by atoms with van der Waals surface area (Å²) in [5.74, 6) is 0.773. The van der Waals surface area contributed by atoms with Gasteiger partial charge < -0.3 is 10.6 Å². The number of carbonyl (C=O) groups excluding carboxylic acids is 1. The molecule has 3 aromatic rings. The number of fused-ring (bicyclic) bond motifs is 3. The van der Waals surface area contributed by atoms with Crippen LogP contribution in [0.5, 0.6) is 0 Å². The molecule has 3 nitrogen and oxygen atoms in total. The molecule has 3 aromatic carbocycles. The Morgan fingerprint density at radius 1 is 0.967 bits per heavy atom. The molecule has 4 unspecified atom stereocenters. The molecule has 1 amide bonds. The highest BCUT2D eigenvalue weighted by atomic mass is 16.1. The maximum atomic E-state index is 13.3. The van der Waals surface area contributed by atoms with Crippen molar-refractivity contribution in [2.45, 2.75) is 31.3 Å². The summed E-state index contributed by atoms with van der Waals surface area (Å²) in [6.07, 6.45) is 5.65. The van der Waals surface area contributed by atoms with Crippen LogP contribution in [0.2, 0.25) is 0 Å². The van der Waals surface area contributed by atoms with E-state index in [1.165, 1.54) is 11.1 Å². The lowest BCUT2D eigenvalue weighted by molar-refractivity contribution is 0.0940. The highest BCUT2D eigenvalue weighted by molar-refractivity contribution is 6.01. The number of anilines is 1. The van der Waals surface area contributed by atoms with E-state index in [0.717, 1.165) is 23.2 Å². The van der Waals surface area contributed by atoms with Gasteiger partial charge in [0, 0.05) is 5.92 Å². The van der Waals surface area contributed by atoms with Crippen LogP contribution < -0.4 is 10.6 Å². The average molecular weight is 395 g/mol. The molecule has 1 aliphatic heterocycles. The van der Waals surface area contributed by atoms with Gasteiger partial charge in [0.1, 0.15) is 0 Å². The highest BCUT2D eigenvalue weighted by Crippen LogP contribution is 2.50. The number of benzene rings is 3. The van der Waals surface area contributed by atoms with Crippen molar-refractivity contribution in [3.63, 3.8) is 0 Å². The molecular weight excluding hydrogens is 368 g/mol. The fraction of sp³-hybridized carbons (Fsp3) is 0.222. The Morgan fingerprint density at radius 3 is 2.47 bits per heavy atom. The largest absolute Gasteiger partial charge is 0.377 e. The van der Waals surface area contributed by atoms with Gasteiger partial charge in [-0.1, -0.05) is 84.9 Å². The quantitative estimate of drug-likeness (QED) is 0.533. The molecule has 0 bridgehead atoms. The monoisotopic (exact) mass is 394 g/mol. The van der Waals surface area contributed by atoms with E-state index in [1.54, 1.807) is 0 Å². The minimum absolute atomic E-state index is 0.0389. The summed E-state index contributed by atoms with van der Waals surface area (Å²) in [6, 6.07) is 26.9. The number of hydrogen-bond acceptors (Lipinski definition) is 2. The maximum absolute atomic E-state index is 13.3. The minimum atomic E-state index is -0.0535. The van der Waals surface area contributed by atoms with Crippen molar-refractivity contribution >= 4 is 11.6 Å². The van der Waals surface area contributed by atoms with Crippen molar-refractivity contribution in [1.29, 1.82) is 0 Å². The second-order valence-corrected chi connectivity index (χ2v) is 8.26. The Kier molecular flexibility index (Phi) is 4.88. The van der Waals surface area contributed by atoms with Gasteiger partial charge in [0.25, 0.3) is 5.91 Å². The molecule has 1 heterocycles. The van der Waals surface area contributed by atoms with Gasteiger partial charge in [-0.25, -0.2) is 0 Å². The fourth-order valence-corrected chi connectivity index (χ4v) is 4.90. The molecule has 0 fully saturated rings. The number of carbonyl (C=O) groups is 1. The molecule has 30 heavy (non-hydrogen) atoms. The van der Waals surface area contributed by atoms with E-state index in [-0.39, 0.29) is 18.0 Å². The van der Waals surface area contributed by atoms with E-state index >= 15 is 0 Å². The molecule has 0 saturated heterocycles. The number of para-hydroxylation sites is 1. The van der Waals surface area contributed by atoms with Crippen LogP contribution >= 0.6 is 0 Å². The number of rotatable bonds is 4. The Balaban J connectivity index is 1.49. The Morgan fingerprint density at radius 2 is 1.70 bits per heavy atom. The van der Waals surface area contributed by atoms with E-state index in [4.69, 9.17) is 0 Å². The maximum Gasteiger partial charge on any atom is 0.253 e. The average Bonchev–Trinajstić information content (AvgIpc) is 3.29. The summed E-state index contributed by atoms with van der Waals surface area (Å²) in [5.41, 5.74) is 5.28. The molecular formula is C27H26N2O. The number of nitrogens with one attached hydrogen (secondary N) is 2. The first-order valence-corrected chi connectivity index (χ1v) is 10.7. The summed E-state index contributed by atoms with van der Waals surface area (Å²) >= 11 is 0. The molecule has 150 valence electrons. The van der Waals surface area contributed by atoms with Crippen LogP contribution in [0.4, 0.5) is 5.69 Å². The van der Waals surface area contributed by atoms with Gasteiger partial charge in [-0.05, 0) is 42.0 Å². The van der Waals surface area contributed by atoms with Crippen molar-refractivity contribution in [1.82, 2.24) is 5.32 Å².